The number of anilines is 1. The minimum absolute atomic E-state index is 0.0209. The number of ether oxygens (including phenoxy) is 2. The van der Waals surface area contributed by atoms with Gasteiger partial charge in [-0.05, 0) is 78.9 Å². The van der Waals surface area contributed by atoms with E-state index in [0.717, 1.165) is 22.4 Å². The molecular weight excluding hydrogens is 380 g/mol. The Bertz CT molecular complexity index is 999. The van der Waals surface area contributed by atoms with Crippen LogP contribution in [0.25, 0.3) is 6.08 Å². The Morgan fingerprint density at radius 2 is 1.87 bits per heavy atom. The van der Waals surface area contributed by atoms with Gasteiger partial charge in [-0.3, -0.25) is 4.79 Å². The second kappa shape index (κ2) is 10.3. The van der Waals surface area contributed by atoms with Crippen LogP contribution in [-0.2, 0) is 9.53 Å². The lowest BCUT2D eigenvalue weighted by Gasteiger charge is -2.15. The molecule has 1 N–H and O–H groups in total. The lowest BCUT2D eigenvalue weighted by Crippen LogP contribution is -2.14. The molecule has 0 atom stereocenters. The van der Waals surface area contributed by atoms with Crippen molar-refractivity contribution < 1.29 is 19.1 Å². The van der Waals surface area contributed by atoms with E-state index in [9.17, 15) is 14.9 Å². The number of amides is 1. The topological polar surface area (TPSA) is 88.4 Å². The standard InChI is InChI=1S/C24H26N2O4/c1-6-30-24(28)17-7-9-20(10-8-17)26-23(27)19(14-25)12-18-13-21(15(2)3)22(29-5)11-16(18)4/h7-13,15H,6H2,1-5H3,(H,26,27)/b19-12+. The lowest BCUT2D eigenvalue weighted by atomic mass is 9.95. The van der Waals surface area contributed by atoms with Gasteiger partial charge in [0.05, 0.1) is 19.3 Å². The highest BCUT2D eigenvalue weighted by Crippen LogP contribution is 2.30. The summed E-state index contributed by atoms with van der Waals surface area (Å²) in [4.78, 5) is 24.3. The monoisotopic (exact) mass is 406 g/mol. The Balaban J connectivity index is 2.26. The van der Waals surface area contributed by atoms with E-state index >= 15 is 0 Å². The SMILES string of the molecule is CCOC(=O)c1ccc(NC(=O)/C(C#N)=C/c2cc(C(C)C)c(OC)cc2C)cc1. The predicted octanol–water partition coefficient (Wildman–Crippen LogP) is 4.85. The maximum absolute atomic E-state index is 12.6. The summed E-state index contributed by atoms with van der Waals surface area (Å²) in [5.74, 6) is 0.0564. The average molecular weight is 406 g/mol. The van der Waals surface area contributed by atoms with Crippen molar-refractivity contribution in [3.8, 4) is 11.8 Å². The van der Waals surface area contributed by atoms with Gasteiger partial charge in [-0.25, -0.2) is 4.79 Å². The first kappa shape index (κ1) is 22.7. The van der Waals surface area contributed by atoms with Gasteiger partial charge in [0.1, 0.15) is 17.4 Å². The van der Waals surface area contributed by atoms with E-state index in [4.69, 9.17) is 9.47 Å². The van der Waals surface area contributed by atoms with Gasteiger partial charge in [0.25, 0.3) is 5.91 Å². The molecule has 0 saturated heterocycles. The van der Waals surface area contributed by atoms with E-state index in [-0.39, 0.29) is 18.1 Å². The molecule has 2 rings (SSSR count). The van der Waals surface area contributed by atoms with Gasteiger partial charge < -0.3 is 14.8 Å². The molecule has 0 spiro atoms. The number of methoxy groups -OCH3 is 1. The number of esters is 1. The largest absolute Gasteiger partial charge is 0.496 e. The Morgan fingerprint density at radius 3 is 2.40 bits per heavy atom. The third-order valence-corrected chi connectivity index (χ3v) is 4.56. The first-order valence-corrected chi connectivity index (χ1v) is 9.69. The minimum atomic E-state index is -0.525. The molecule has 0 aliphatic carbocycles. The zero-order valence-corrected chi connectivity index (χ0v) is 17.9. The van der Waals surface area contributed by atoms with E-state index < -0.39 is 11.9 Å². The third-order valence-electron chi connectivity index (χ3n) is 4.56. The summed E-state index contributed by atoms with van der Waals surface area (Å²) < 4.78 is 10.4. The number of carbonyl (C=O) groups excluding carboxylic acids is 2. The Morgan fingerprint density at radius 1 is 1.20 bits per heavy atom. The first-order valence-electron chi connectivity index (χ1n) is 9.69. The molecule has 0 bridgehead atoms. The zero-order valence-electron chi connectivity index (χ0n) is 17.9. The molecule has 2 aromatic carbocycles. The number of hydrogen-bond acceptors (Lipinski definition) is 5. The maximum Gasteiger partial charge on any atom is 0.338 e. The predicted molar refractivity (Wildman–Crippen MR) is 116 cm³/mol. The van der Waals surface area contributed by atoms with Crippen LogP contribution in [0.15, 0.2) is 42.0 Å². The molecule has 0 aliphatic rings. The molecule has 30 heavy (non-hydrogen) atoms. The first-order chi connectivity index (χ1) is 14.3. The molecule has 0 radical (unpaired) electrons. The fourth-order valence-corrected chi connectivity index (χ4v) is 2.91. The maximum atomic E-state index is 12.6. The van der Waals surface area contributed by atoms with Crippen molar-refractivity contribution in [3.63, 3.8) is 0 Å². The smallest absolute Gasteiger partial charge is 0.338 e. The molecule has 6 nitrogen and oxygen atoms in total. The van der Waals surface area contributed by atoms with Gasteiger partial charge >= 0.3 is 5.97 Å². The summed E-state index contributed by atoms with van der Waals surface area (Å²) in [6, 6.07) is 12.1. The van der Waals surface area contributed by atoms with Crippen LogP contribution in [0.1, 0.15) is 53.7 Å². The van der Waals surface area contributed by atoms with Crippen molar-refractivity contribution in [1.82, 2.24) is 0 Å². The second-order valence-electron chi connectivity index (χ2n) is 7.03. The van der Waals surface area contributed by atoms with Crippen LogP contribution in [0.5, 0.6) is 5.75 Å². The number of carbonyl (C=O) groups is 2. The van der Waals surface area contributed by atoms with Crippen molar-refractivity contribution in [1.29, 1.82) is 5.26 Å². The highest BCUT2D eigenvalue weighted by Gasteiger charge is 2.14. The average Bonchev–Trinajstić information content (AvgIpc) is 2.72. The van der Waals surface area contributed by atoms with Gasteiger partial charge in [-0.15, -0.1) is 0 Å². The number of rotatable bonds is 7. The molecule has 2 aromatic rings. The van der Waals surface area contributed by atoms with Crippen LogP contribution in [0, 0.1) is 18.3 Å². The molecule has 0 aromatic heterocycles. The van der Waals surface area contributed by atoms with Gasteiger partial charge in [-0.1, -0.05) is 13.8 Å². The number of hydrogen-bond donors (Lipinski definition) is 1. The van der Waals surface area contributed by atoms with Crippen LogP contribution in [0.3, 0.4) is 0 Å². The van der Waals surface area contributed by atoms with Crippen molar-refractivity contribution in [2.24, 2.45) is 0 Å². The van der Waals surface area contributed by atoms with E-state index in [1.54, 1.807) is 44.4 Å². The van der Waals surface area contributed by atoms with Crippen LogP contribution in [0.2, 0.25) is 0 Å². The summed E-state index contributed by atoms with van der Waals surface area (Å²) in [7, 11) is 1.62. The minimum Gasteiger partial charge on any atom is -0.496 e. The Labute approximate surface area is 177 Å². The van der Waals surface area contributed by atoms with Crippen molar-refractivity contribution in [2.45, 2.75) is 33.6 Å². The van der Waals surface area contributed by atoms with E-state index in [0.29, 0.717) is 11.3 Å². The summed E-state index contributed by atoms with van der Waals surface area (Å²) in [5.41, 5.74) is 3.53. The Kier molecular flexibility index (Phi) is 7.76. The molecule has 0 aliphatic heterocycles. The molecule has 156 valence electrons. The van der Waals surface area contributed by atoms with Gasteiger partial charge in [0, 0.05) is 5.69 Å². The van der Waals surface area contributed by atoms with E-state index in [1.807, 2.05) is 25.1 Å². The van der Waals surface area contributed by atoms with E-state index in [1.165, 1.54) is 0 Å². The molecule has 0 unspecified atom stereocenters. The molecule has 0 saturated carbocycles. The zero-order chi connectivity index (χ0) is 22.3. The van der Waals surface area contributed by atoms with Crippen LogP contribution < -0.4 is 10.1 Å². The van der Waals surface area contributed by atoms with Gasteiger partial charge in [0.15, 0.2) is 0 Å². The Hall–Kier alpha value is -3.59. The fraction of sp³-hybridized carbons (Fsp3) is 0.292. The number of benzene rings is 2. The van der Waals surface area contributed by atoms with Crippen molar-refractivity contribution >= 4 is 23.6 Å². The highest BCUT2D eigenvalue weighted by atomic mass is 16.5. The molecular formula is C24H26N2O4. The lowest BCUT2D eigenvalue weighted by molar-refractivity contribution is -0.112. The number of nitriles is 1. The number of nitrogens with zero attached hydrogens (tertiary/aromatic N) is 1. The fourth-order valence-electron chi connectivity index (χ4n) is 2.91. The van der Waals surface area contributed by atoms with Gasteiger partial charge in [-0.2, -0.15) is 5.26 Å². The molecule has 0 fully saturated rings. The molecule has 0 heterocycles. The molecule has 1 amide bonds. The summed E-state index contributed by atoms with van der Waals surface area (Å²) in [6.45, 7) is 8.03. The van der Waals surface area contributed by atoms with Gasteiger partial charge in [0.2, 0.25) is 0 Å². The second-order valence-corrected chi connectivity index (χ2v) is 7.03. The summed E-state index contributed by atoms with van der Waals surface area (Å²) in [6.07, 6.45) is 1.57. The number of aryl methyl sites for hydroxylation is 1. The third kappa shape index (κ3) is 5.48. The van der Waals surface area contributed by atoms with Crippen molar-refractivity contribution in [3.05, 3.63) is 64.2 Å². The summed E-state index contributed by atoms with van der Waals surface area (Å²) >= 11 is 0. The normalized spacial score (nSPS) is 11.0. The number of nitrogens with one attached hydrogen (secondary N) is 1. The van der Waals surface area contributed by atoms with Crippen LogP contribution >= 0.6 is 0 Å². The molecule has 6 heteroatoms. The quantitative estimate of drug-likeness (QED) is 0.403. The van der Waals surface area contributed by atoms with Crippen molar-refractivity contribution in [2.75, 3.05) is 19.0 Å². The van der Waals surface area contributed by atoms with E-state index in [2.05, 4.69) is 19.2 Å². The van der Waals surface area contributed by atoms with Crippen LogP contribution in [0.4, 0.5) is 5.69 Å². The van der Waals surface area contributed by atoms with Crippen LogP contribution in [-0.4, -0.2) is 25.6 Å². The highest BCUT2D eigenvalue weighted by molar-refractivity contribution is 6.09. The summed E-state index contributed by atoms with van der Waals surface area (Å²) in [5, 5.41) is 12.2.